The van der Waals surface area contributed by atoms with E-state index in [1.54, 1.807) is 13.3 Å². The molecule has 0 saturated carbocycles. The Morgan fingerprint density at radius 3 is 3.05 bits per heavy atom. The van der Waals surface area contributed by atoms with E-state index < -0.39 is 6.10 Å². The molecule has 0 saturated heterocycles. The Hall–Kier alpha value is -1.21. The molecule has 0 spiro atoms. The van der Waals surface area contributed by atoms with Crippen LogP contribution in [0, 0.1) is 0 Å². The summed E-state index contributed by atoms with van der Waals surface area (Å²) in [7, 11) is 1.65. The summed E-state index contributed by atoms with van der Waals surface area (Å²) >= 11 is 1.43. The van der Waals surface area contributed by atoms with Crippen LogP contribution in [0.1, 0.15) is 13.3 Å². The fourth-order valence-electron chi connectivity index (χ4n) is 1.90. The molecule has 1 aromatic heterocycles. The van der Waals surface area contributed by atoms with Crippen molar-refractivity contribution < 1.29 is 14.6 Å². The van der Waals surface area contributed by atoms with Crippen LogP contribution >= 0.6 is 11.5 Å². The van der Waals surface area contributed by atoms with Crippen molar-refractivity contribution in [2.24, 2.45) is 0 Å². The summed E-state index contributed by atoms with van der Waals surface area (Å²) in [5.41, 5.74) is 0. The van der Waals surface area contributed by atoms with Gasteiger partial charge >= 0.3 is 0 Å². The summed E-state index contributed by atoms with van der Waals surface area (Å²) in [6, 6.07) is 5.82. The number of nitrogens with one attached hydrogen (secondary N) is 1. The van der Waals surface area contributed by atoms with Gasteiger partial charge in [0.2, 0.25) is 0 Å². The first-order chi connectivity index (χ1) is 9.74. The summed E-state index contributed by atoms with van der Waals surface area (Å²) in [5, 5.41) is 14.0. The van der Waals surface area contributed by atoms with Crippen molar-refractivity contribution in [3.63, 3.8) is 0 Å². The molecule has 1 aromatic carbocycles. The van der Waals surface area contributed by atoms with E-state index in [2.05, 4.69) is 9.69 Å². The van der Waals surface area contributed by atoms with E-state index in [0.29, 0.717) is 6.54 Å². The summed E-state index contributed by atoms with van der Waals surface area (Å²) in [4.78, 5) is 0. The second-order valence-corrected chi connectivity index (χ2v) is 5.33. The van der Waals surface area contributed by atoms with Crippen molar-refractivity contribution in [3.8, 4) is 5.75 Å². The maximum absolute atomic E-state index is 9.92. The molecule has 110 valence electrons. The molecule has 0 aliphatic heterocycles. The molecule has 1 heterocycles. The van der Waals surface area contributed by atoms with Crippen LogP contribution in [0.3, 0.4) is 0 Å². The third-order valence-electron chi connectivity index (χ3n) is 3.03. The number of fused-ring (bicyclic) bond motifs is 1. The number of methoxy groups -OCH3 is 1. The zero-order chi connectivity index (χ0) is 14.4. The molecule has 2 atom stereocenters. The van der Waals surface area contributed by atoms with Gasteiger partial charge in [-0.1, -0.05) is 13.0 Å². The predicted molar refractivity (Wildman–Crippen MR) is 80.2 cm³/mol. The Bertz CT molecular complexity index is 528. The molecule has 2 unspecified atom stereocenters. The number of hydrogen-bond donors (Lipinski definition) is 2. The van der Waals surface area contributed by atoms with Crippen LogP contribution < -0.4 is 10.1 Å². The van der Waals surface area contributed by atoms with E-state index in [0.717, 1.165) is 22.3 Å². The number of benzene rings is 1. The molecule has 0 aliphatic rings. The Kier molecular flexibility index (Phi) is 5.72. The van der Waals surface area contributed by atoms with Crippen LogP contribution in [0.2, 0.25) is 0 Å². The standard InChI is InChI=1S/C14H20N2O3S/c1-3-14(18-2)15-7-10(17)9-19-12-5-4-6-13-11(12)8-16-20-13/h4-6,8,10,14-15,17H,3,7,9H2,1-2H3. The minimum atomic E-state index is -0.582. The van der Waals surface area contributed by atoms with Gasteiger partial charge in [0, 0.05) is 13.7 Å². The zero-order valence-electron chi connectivity index (χ0n) is 11.7. The van der Waals surface area contributed by atoms with Crippen molar-refractivity contribution in [3.05, 3.63) is 24.4 Å². The third kappa shape index (κ3) is 3.89. The number of rotatable bonds is 8. The van der Waals surface area contributed by atoms with Gasteiger partial charge < -0.3 is 14.6 Å². The normalized spacial score (nSPS) is 14.3. The average Bonchev–Trinajstić information content (AvgIpc) is 2.95. The summed E-state index contributed by atoms with van der Waals surface area (Å²) in [6.45, 7) is 2.70. The van der Waals surface area contributed by atoms with Gasteiger partial charge in [-0.2, -0.15) is 4.37 Å². The second-order valence-electron chi connectivity index (χ2n) is 4.50. The van der Waals surface area contributed by atoms with Crippen LogP contribution in [0.4, 0.5) is 0 Å². The molecule has 2 rings (SSSR count). The van der Waals surface area contributed by atoms with Crippen molar-refractivity contribution in [1.29, 1.82) is 0 Å². The molecule has 0 amide bonds. The first-order valence-electron chi connectivity index (χ1n) is 6.65. The first-order valence-corrected chi connectivity index (χ1v) is 7.42. The van der Waals surface area contributed by atoms with Gasteiger partial charge in [-0.05, 0) is 30.1 Å². The molecule has 0 aliphatic carbocycles. The quantitative estimate of drug-likeness (QED) is 0.730. The van der Waals surface area contributed by atoms with Crippen molar-refractivity contribution >= 4 is 21.6 Å². The van der Waals surface area contributed by atoms with Crippen LogP contribution in [0.15, 0.2) is 24.4 Å². The predicted octanol–water partition coefficient (Wildman–Crippen LogP) is 2.01. The van der Waals surface area contributed by atoms with Gasteiger partial charge in [0.05, 0.1) is 16.3 Å². The lowest BCUT2D eigenvalue weighted by Crippen LogP contribution is -2.38. The molecular weight excluding hydrogens is 276 g/mol. The number of aliphatic hydroxyl groups excluding tert-OH is 1. The largest absolute Gasteiger partial charge is 0.490 e. The Morgan fingerprint density at radius 1 is 1.45 bits per heavy atom. The Morgan fingerprint density at radius 2 is 2.30 bits per heavy atom. The highest BCUT2D eigenvalue weighted by Crippen LogP contribution is 2.27. The Balaban J connectivity index is 1.84. The molecule has 2 N–H and O–H groups in total. The van der Waals surface area contributed by atoms with E-state index in [-0.39, 0.29) is 12.8 Å². The fourth-order valence-corrected chi connectivity index (χ4v) is 2.56. The van der Waals surface area contributed by atoms with Gasteiger partial charge in [-0.15, -0.1) is 0 Å². The van der Waals surface area contributed by atoms with Crippen LogP contribution in [-0.2, 0) is 4.74 Å². The van der Waals surface area contributed by atoms with Gasteiger partial charge in [0.1, 0.15) is 24.7 Å². The number of ether oxygens (including phenoxy) is 2. The minimum absolute atomic E-state index is 0.0332. The lowest BCUT2D eigenvalue weighted by Gasteiger charge is -2.18. The van der Waals surface area contributed by atoms with E-state index in [1.807, 2.05) is 25.1 Å². The lowest BCUT2D eigenvalue weighted by molar-refractivity contribution is 0.0444. The maximum Gasteiger partial charge on any atom is 0.129 e. The highest BCUT2D eigenvalue weighted by molar-refractivity contribution is 7.13. The fraction of sp³-hybridized carbons (Fsp3) is 0.500. The number of nitrogens with zero attached hydrogens (tertiary/aromatic N) is 1. The topological polar surface area (TPSA) is 63.6 Å². The van der Waals surface area contributed by atoms with Crippen LogP contribution in [0.5, 0.6) is 5.75 Å². The van der Waals surface area contributed by atoms with Crippen molar-refractivity contribution in [2.75, 3.05) is 20.3 Å². The molecule has 6 heteroatoms. The number of aliphatic hydroxyl groups is 1. The molecule has 0 bridgehead atoms. The van der Waals surface area contributed by atoms with E-state index in [4.69, 9.17) is 9.47 Å². The van der Waals surface area contributed by atoms with Gasteiger partial charge in [0.25, 0.3) is 0 Å². The zero-order valence-corrected chi connectivity index (χ0v) is 12.5. The minimum Gasteiger partial charge on any atom is -0.490 e. The highest BCUT2D eigenvalue weighted by atomic mass is 32.1. The van der Waals surface area contributed by atoms with Crippen molar-refractivity contribution in [2.45, 2.75) is 25.7 Å². The van der Waals surface area contributed by atoms with Gasteiger partial charge in [-0.25, -0.2) is 0 Å². The van der Waals surface area contributed by atoms with Gasteiger partial charge in [0.15, 0.2) is 0 Å². The summed E-state index contributed by atoms with van der Waals surface area (Å²) < 4.78 is 16.1. The smallest absolute Gasteiger partial charge is 0.129 e. The highest BCUT2D eigenvalue weighted by Gasteiger charge is 2.10. The molecule has 5 nitrogen and oxygen atoms in total. The van der Waals surface area contributed by atoms with E-state index in [9.17, 15) is 5.11 Å². The number of hydrogen-bond acceptors (Lipinski definition) is 6. The third-order valence-corrected chi connectivity index (χ3v) is 3.79. The molecular formula is C14H20N2O3S. The SMILES string of the molecule is CCC(NCC(O)COc1cccc2sncc12)OC. The Labute approximate surface area is 122 Å². The molecule has 2 aromatic rings. The van der Waals surface area contributed by atoms with Crippen LogP contribution in [-0.4, -0.2) is 42.1 Å². The molecule has 20 heavy (non-hydrogen) atoms. The summed E-state index contributed by atoms with van der Waals surface area (Å²) in [6.07, 6.45) is 2.03. The molecule has 0 radical (unpaired) electrons. The van der Waals surface area contributed by atoms with Crippen molar-refractivity contribution in [1.82, 2.24) is 9.69 Å². The maximum atomic E-state index is 9.92. The van der Waals surface area contributed by atoms with Gasteiger partial charge in [-0.3, -0.25) is 5.32 Å². The van der Waals surface area contributed by atoms with E-state index in [1.165, 1.54) is 11.5 Å². The first kappa shape index (κ1) is 15.2. The van der Waals surface area contributed by atoms with Crippen LogP contribution in [0.25, 0.3) is 10.1 Å². The average molecular weight is 296 g/mol. The monoisotopic (exact) mass is 296 g/mol. The molecule has 0 fully saturated rings. The number of aromatic nitrogens is 1. The lowest BCUT2D eigenvalue weighted by atomic mass is 10.2. The second kappa shape index (κ2) is 7.54. The summed E-state index contributed by atoms with van der Waals surface area (Å²) in [5.74, 6) is 0.758. The van der Waals surface area contributed by atoms with E-state index >= 15 is 0 Å².